The van der Waals surface area contributed by atoms with Crippen molar-refractivity contribution in [1.29, 1.82) is 0 Å². The first-order valence-electron chi connectivity index (χ1n) is 14.6. The quantitative estimate of drug-likeness (QED) is 0.175. The van der Waals surface area contributed by atoms with Gasteiger partial charge in [-0.1, -0.05) is 101 Å². The van der Waals surface area contributed by atoms with Gasteiger partial charge in [0.25, 0.3) is 10.0 Å². The molecule has 0 spiro atoms. The molecule has 44 heavy (non-hydrogen) atoms. The summed E-state index contributed by atoms with van der Waals surface area (Å²) in [7, 11) is -4.13. The average Bonchev–Trinajstić information content (AvgIpc) is 3.02. The molecule has 0 bridgehead atoms. The van der Waals surface area contributed by atoms with Gasteiger partial charge in [0.2, 0.25) is 11.8 Å². The van der Waals surface area contributed by atoms with E-state index in [1.165, 1.54) is 17.0 Å². The Morgan fingerprint density at radius 2 is 1.45 bits per heavy atom. The van der Waals surface area contributed by atoms with Gasteiger partial charge in [-0.05, 0) is 67.8 Å². The molecule has 2 amide bonds. The van der Waals surface area contributed by atoms with Crippen LogP contribution in [-0.2, 0) is 32.6 Å². The number of amides is 2. The molecular weight excluding hydrogens is 638 g/mol. The minimum absolute atomic E-state index is 0.0715. The Hall–Kier alpha value is -3.95. The number of aryl methyl sites for hydroxylation is 1. The number of carbonyl (C=O) groups excluding carboxylic acids is 2. The molecule has 0 radical (unpaired) electrons. The largest absolute Gasteiger partial charge is 0.352 e. The summed E-state index contributed by atoms with van der Waals surface area (Å²) in [5.41, 5.74) is 3.00. The molecular formula is C35H38BrN3O4S. The highest BCUT2D eigenvalue weighted by Crippen LogP contribution is 2.26. The predicted molar refractivity (Wildman–Crippen MR) is 179 cm³/mol. The Kier molecular flexibility index (Phi) is 11.4. The van der Waals surface area contributed by atoms with Crippen LogP contribution in [-0.4, -0.2) is 43.8 Å². The highest BCUT2D eigenvalue weighted by atomic mass is 79.9. The van der Waals surface area contributed by atoms with Gasteiger partial charge in [-0.25, -0.2) is 8.42 Å². The summed E-state index contributed by atoms with van der Waals surface area (Å²) in [5.74, 6) is -0.787. The van der Waals surface area contributed by atoms with E-state index >= 15 is 0 Å². The smallest absolute Gasteiger partial charge is 0.264 e. The highest BCUT2D eigenvalue weighted by molar-refractivity contribution is 9.10. The van der Waals surface area contributed by atoms with Crippen LogP contribution in [0, 0.1) is 6.92 Å². The Morgan fingerprint density at radius 3 is 2.07 bits per heavy atom. The molecule has 9 heteroatoms. The summed E-state index contributed by atoms with van der Waals surface area (Å²) in [5, 5.41) is 3.06. The van der Waals surface area contributed by atoms with Crippen molar-refractivity contribution in [3.63, 3.8) is 0 Å². The standard InChI is InChI=1S/C35H38BrN3O4S/c1-4-27(3)37-35(41)33(23-28-12-7-5-8-13-28)38(24-29-14-11-15-30(36)22-29)34(40)25-39(31-20-18-26(2)19-21-31)44(42,43)32-16-9-6-10-17-32/h5-22,27,33H,4,23-25H2,1-3H3,(H,37,41)/t27-,33+/m0/s1. The van der Waals surface area contributed by atoms with Gasteiger partial charge in [-0.2, -0.15) is 0 Å². The Morgan fingerprint density at radius 1 is 0.841 bits per heavy atom. The molecule has 0 saturated carbocycles. The lowest BCUT2D eigenvalue weighted by Gasteiger charge is -2.34. The van der Waals surface area contributed by atoms with Crippen molar-refractivity contribution >= 4 is 43.5 Å². The van der Waals surface area contributed by atoms with E-state index in [2.05, 4.69) is 21.2 Å². The molecule has 0 aliphatic carbocycles. The number of carbonyl (C=O) groups is 2. The summed E-state index contributed by atoms with van der Waals surface area (Å²) >= 11 is 3.51. The lowest BCUT2D eigenvalue weighted by atomic mass is 10.0. The molecule has 0 aromatic heterocycles. The van der Waals surface area contributed by atoms with E-state index in [-0.39, 0.29) is 29.8 Å². The van der Waals surface area contributed by atoms with Crippen LogP contribution < -0.4 is 9.62 Å². The van der Waals surface area contributed by atoms with Gasteiger partial charge < -0.3 is 10.2 Å². The normalized spacial score (nSPS) is 12.6. The SMILES string of the molecule is CC[C@H](C)NC(=O)[C@@H](Cc1ccccc1)N(Cc1cccc(Br)c1)C(=O)CN(c1ccc(C)cc1)S(=O)(=O)c1ccccc1. The molecule has 7 nitrogen and oxygen atoms in total. The summed E-state index contributed by atoms with van der Waals surface area (Å²) in [6, 6.07) is 31.1. The van der Waals surface area contributed by atoms with Crippen LogP contribution in [0.2, 0.25) is 0 Å². The van der Waals surface area contributed by atoms with Crippen LogP contribution in [0.1, 0.15) is 37.0 Å². The number of hydrogen-bond donors (Lipinski definition) is 1. The highest BCUT2D eigenvalue weighted by Gasteiger charge is 2.35. The number of nitrogens with zero attached hydrogens (tertiary/aromatic N) is 2. The van der Waals surface area contributed by atoms with Crippen LogP contribution >= 0.6 is 15.9 Å². The predicted octanol–water partition coefficient (Wildman–Crippen LogP) is 6.51. The fourth-order valence-electron chi connectivity index (χ4n) is 4.79. The summed E-state index contributed by atoms with van der Waals surface area (Å²) < 4.78 is 30.0. The van der Waals surface area contributed by atoms with Crippen molar-refractivity contribution in [2.75, 3.05) is 10.8 Å². The molecule has 1 N–H and O–H groups in total. The van der Waals surface area contributed by atoms with Crippen molar-refractivity contribution in [2.24, 2.45) is 0 Å². The first-order valence-corrected chi connectivity index (χ1v) is 16.8. The molecule has 0 saturated heterocycles. The molecule has 0 heterocycles. The van der Waals surface area contributed by atoms with Crippen molar-refractivity contribution < 1.29 is 18.0 Å². The third kappa shape index (κ3) is 8.57. The summed E-state index contributed by atoms with van der Waals surface area (Å²) in [4.78, 5) is 29.9. The monoisotopic (exact) mass is 675 g/mol. The number of sulfonamides is 1. The summed E-state index contributed by atoms with van der Waals surface area (Å²) in [6.07, 6.45) is 0.985. The van der Waals surface area contributed by atoms with Crippen molar-refractivity contribution in [1.82, 2.24) is 10.2 Å². The second kappa shape index (κ2) is 15.2. The molecule has 0 fully saturated rings. The van der Waals surface area contributed by atoms with Gasteiger partial charge in [0, 0.05) is 23.5 Å². The van der Waals surface area contributed by atoms with Crippen molar-refractivity contribution in [2.45, 2.75) is 57.1 Å². The summed E-state index contributed by atoms with van der Waals surface area (Å²) in [6.45, 7) is 5.43. The van der Waals surface area contributed by atoms with Gasteiger partial charge >= 0.3 is 0 Å². The molecule has 0 aliphatic heterocycles. The average molecular weight is 677 g/mol. The van der Waals surface area contributed by atoms with Gasteiger partial charge in [-0.15, -0.1) is 0 Å². The van der Waals surface area contributed by atoms with E-state index < -0.39 is 28.5 Å². The fraction of sp³-hybridized carbons (Fsp3) is 0.257. The second-order valence-electron chi connectivity index (χ2n) is 10.8. The third-order valence-corrected chi connectivity index (χ3v) is 9.73. The van der Waals surface area contributed by atoms with Gasteiger partial charge in [0.15, 0.2) is 0 Å². The molecule has 0 aliphatic rings. The van der Waals surface area contributed by atoms with E-state index in [0.717, 1.165) is 31.9 Å². The number of rotatable bonds is 13. The maximum atomic E-state index is 14.5. The zero-order chi connectivity index (χ0) is 31.7. The third-order valence-electron chi connectivity index (χ3n) is 7.45. The molecule has 0 unspecified atom stereocenters. The molecule has 4 aromatic carbocycles. The Balaban J connectivity index is 1.80. The van der Waals surface area contributed by atoms with Gasteiger partial charge in [0.1, 0.15) is 12.6 Å². The zero-order valence-corrected chi connectivity index (χ0v) is 27.6. The minimum atomic E-state index is -4.13. The number of hydrogen-bond acceptors (Lipinski definition) is 4. The fourth-order valence-corrected chi connectivity index (χ4v) is 6.67. The Labute approximate surface area is 269 Å². The molecule has 230 valence electrons. The Bertz CT molecular complexity index is 1650. The maximum Gasteiger partial charge on any atom is 0.264 e. The van der Waals surface area contributed by atoms with Gasteiger partial charge in [-0.3, -0.25) is 13.9 Å². The van der Waals surface area contributed by atoms with Crippen LogP contribution in [0.25, 0.3) is 0 Å². The zero-order valence-electron chi connectivity index (χ0n) is 25.2. The van der Waals surface area contributed by atoms with Crippen molar-refractivity contribution in [3.05, 3.63) is 130 Å². The van der Waals surface area contributed by atoms with Crippen LogP contribution in [0.15, 0.2) is 119 Å². The van der Waals surface area contributed by atoms with Crippen LogP contribution in [0.3, 0.4) is 0 Å². The first-order chi connectivity index (χ1) is 21.1. The molecule has 2 atom stereocenters. The van der Waals surface area contributed by atoms with Crippen molar-refractivity contribution in [3.8, 4) is 0 Å². The van der Waals surface area contributed by atoms with E-state index in [1.54, 1.807) is 30.3 Å². The lowest BCUT2D eigenvalue weighted by molar-refractivity contribution is -0.140. The van der Waals surface area contributed by atoms with Crippen LogP contribution in [0.4, 0.5) is 5.69 Å². The molecule has 4 rings (SSSR count). The second-order valence-corrected chi connectivity index (χ2v) is 13.6. The first kappa shape index (κ1) is 33.0. The topological polar surface area (TPSA) is 86.8 Å². The van der Waals surface area contributed by atoms with Gasteiger partial charge in [0.05, 0.1) is 10.6 Å². The maximum absolute atomic E-state index is 14.5. The van der Waals surface area contributed by atoms with E-state index in [9.17, 15) is 18.0 Å². The van der Waals surface area contributed by atoms with E-state index in [0.29, 0.717) is 5.69 Å². The molecule has 4 aromatic rings. The number of halogens is 1. The number of nitrogens with one attached hydrogen (secondary N) is 1. The van der Waals surface area contributed by atoms with E-state index in [4.69, 9.17) is 0 Å². The minimum Gasteiger partial charge on any atom is -0.352 e. The van der Waals surface area contributed by atoms with E-state index in [1.807, 2.05) is 87.5 Å². The number of benzene rings is 4. The lowest BCUT2D eigenvalue weighted by Crippen LogP contribution is -2.54. The number of anilines is 1. The van der Waals surface area contributed by atoms with Crippen LogP contribution in [0.5, 0.6) is 0 Å².